The predicted octanol–water partition coefficient (Wildman–Crippen LogP) is 2.78. The summed E-state index contributed by atoms with van der Waals surface area (Å²) >= 11 is 1.54. The molecule has 1 aromatic heterocycles. The highest BCUT2D eigenvalue weighted by molar-refractivity contribution is 7.08. The maximum atomic E-state index is 12.3. The van der Waals surface area contributed by atoms with E-state index >= 15 is 0 Å². The number of carboxylic acids is 1. The third-order valence-corrected chi connectivity index (χ3v) is 5.54. The molecular weight excluding hydrogens is 276 g/mol. The summed E-state index contributed by atoms with van der Waals surface area (Å²) in [4.78, 5) is 25.5. The lowest BCUT2D eigenvalue weighted by Crippen LogP contribution is -2.38. The molecule has 0 unspecified atom stereocenters. The molecule has 2 heterocycles. The van der Waals surface area contributed by atoms with Gasteiger partial charge in [-0.15, -0.1) is 11.3 Å². The predicted molar refractivity (Wildman–Crippen MR) is 77.1 cm³/mol. The van der Waals surface area contributed by atoms with Crippen LogP contribution in [0.15, 0.2) is 10.8 Å². The second-order valence-electron chi connectivity index (χ2n) is 5.83. The fraction of sp³-hybridized carbons (Fsp3) is 0.571. The lowest BCUT2D eigenvalue weighted by Gasteiger charge is -2.23. The average molecular weight is 294 g/mol. The van der Waals surface area contributed by atoms with E-state index < -0.39 is 11.4 Å². The zero-order valence-corrected chi connectivity index (χ0v) is 12.2. The van der Waals surface area contributed by atoms with Gasteiger partial charge in [-0.1, -0.05) is 6.42 Å². The van der Waals surface area contributed by atoms with Crippen LogP contribution in [0.5, 0.6) is 0 Å². The number of hydrogen-bond acceptors (Lipinski definition) is 3. The number of urea groups is 1. The number of carbonyl (C=O) groups excluding carboxylic acids is 1. The van der Waals surface area contributed by atoms with E-state index in [1.165, 1.54) is 0 Å². The van der Waals surface area contributed by atoms with Crippen molar-refractivity contribution in [2.24, 2.45) is 11.3 Å². The molecule has 1 aromatic rings. The Morgan fingerprint density at radius 1 is 1.50 bits per heavy atom. The van der Waals surface area contributed by atoms with E-state index in [0.29, 0.717) is 19.5 Å². The molecule has 1 aliphatic heterocycles. The number of nitrogens with zero attached hydrogens (tertiary/aromatic N) is 1. The average Bonchev–Trinajstić information content (AvgIpc) is 3.03. The molecule has 108 valence electrons. The highest BCUT2D eigenvalue weighted by Crippen LogP contribution is 2.48. The van der Waals surface area contributed by atoms with Gasteiger partial charge in [0, 0.05) is 18.5 Å². The van der Waals surface area contributed by atoms with E-state index in [1.54, 1.807) is 16.2 Å². The number of likely N-dealkylation sites (tertiary alicyclic amines) is 1. The highest BCUT2D eigenvalue weighted by Gasteiger charge is 2.55. The van der Waals surface area contributed by atoms with Gasteiger partial charge in [0.15, 0.2) is 0 Å². The number of aliphatic carboxylic acids is 1. The summed E-state index contributed by atoms with van der Waals surface area (Å²) in [5, 5.41) is 16.3. The second-order valence-corrected chi connectivity index (χ2v) is 6.57. The van der Waals surface area contributed by atoms with E-state index in [4.69, 9.17) is 0 Å². The minimum atomic E-state index is -0.748. The van der Waals surface area contributed by atoms with Crippen molar-refractivity contribution in [2.45, 2.75) is 26.2 Å². The Hall–Kier alpha value is -1.56. The van der Waals surface area contributed by atoms with E-state index in [2.05, 4.69) is 5.32 Å². The largest absolute Gasteiger partial charge is 0.481 e. The van der Waals surface area contributed by atoms with E-state index in [9.17, 15) is 14.7 Å². The molecule has 2 atom stereocenters. The van der Waals surface area contributed by atoms with Crippen molar-refractivity contribution in [1.29, 1.82) is 0 Å². The summed E-state index contributed by atoms with van der Waals surface area (Å²) < 4.78 is 0. The topological polar surface area (TPSA) is 69.6 Å². The van der Waals surface area contributed by atoms with E-state index in [-0.39, 0.29) is 11.9 Å². The quantitative estimate of drug-likeness (QED) is 0.881. The molecule has 1 aliphatic carbocycles. The molecule has 3 rings (SSSR count). The fourth-order valence-electron chi connectivity index (χ4n) is 3.48. The number of rotatable bonds is 2. The molecule has 0 radical (unpaired) electrons. The number of anilines is 1. The number of carbonyl (C=O) groups is 2. The van der Waals surface area contributed by atoms with Crippen LogP contribution in [0.3, 0.4) is 0 Å². The maximum absolute atomic E-state index is 12.3. The number of hydrogen-bond donors (Lipinski definition) is 2. The van der Waals surface area contributed by atoms with Crippen LogP contribution in [-0.2, 0) is 4.79 Å². The van der Waals surface area contributed by atoms with Crippen LogP contribution >= 0.6 is 11.3 Å². The van der Waals surface area contributed by atoms with Crippen LogP contribution in [0.25, 0.3) is 0 Å². The number of aryl methyl sites for hydroxylation is 1. The van der Waals surface area contributed by atoms with E-state index in [0.717, 1.165) is 24.1 Å². The number of nitrogens with one attached hydrogen (secondary N) is 1. The first kappa shape index (κ1) is 13.4. The lowest BCUT2D eigenvalue weighted by molar-refractivity contribution is -0.149. The summed E-state index contributed by atoms with van der Waals surface area (Å²) in [7, 11) is 0. The molecule has 2 fully saturated rings. The van der Waals surface area contributed by atoms with Gasteiger partial charge >= 0.3 is 12.0 Å². The fourth-order valence-corrected chi connectivity index (χ4v) is 4.26. The van der Waals surface area contributed by atoms with Crippen LogP contribution in [0.1, 0.15) is 24.8 Å². The molecule has 0 spiro atoms. The van der Waals surface area contributed by atoms with Crippen molar-refractivity contribution in [3.63, 3.8) is 0 Å². The van der Waals surface area contributed by atoms with Gasteiger partial charge in [-0.2, -0.15) is 0 Å². The summed E-state index contributed by atoms with van der Waals surface area (Å²) in [6.45, 7) is 2.84. The minimum absolute atomic E-state index is 0.106. The molecule has 1 saturated heterocycles. The number of thiophene rings is 1. The minimum Gasteiger partial charge on any atom is -0.481 e. The number of fused-ring (bicyclic) bond motifs is 1. The lowest BCUT2D eigenvalue weighted by atomic mass is 9.81. The Kier molecular flexibility index (Phi) is 3.20. The molecule has 0 bridgehead atoms. The van der Waals surface area contributed by atoms with Crippen molar-refractivity contribution in [3.05, 3.63) is 16.3 Å². The summed E-state index contributed by atoms with van der Waals surface area (Å²) in [5.41, 5.74) is 1.15. The van der Waals surface area contributed by atoms with Gasteiger partial charge in [-0.05, 0) is 36.6 Å². The molecule has 1 saturated carbocycles. The smallest absolute Gasteiger partial charge is 0.321 e. The van der Waals surface area contributed by atoms with Gasteiger partial charge in [0.2, 0.25) is 0 Å². The molecule has 6 heteroatoms. The van der Waals surface area contributed by atoms with Crippen LogP contribution in [0.2, 0.25) is 0 Å². The monoisotopic (exact) mass is 294 g/mol. The van der Waals surface area contributed by atoms with Gasteiger partial charge < -0.3 is 15.3 Å². The first-order chi connectivity index (χ1) is 9.53. The second kappa shape index (κ2) is 4.77. The molecule has 20 heavy (non-hydrogen) atoms. The van der Waals surface area contributed by atoms with Crippen molar-refractivity contribution >= 4 is 29.0 Å². The van der Waals surface area contributed by atoms with Crippen molar-refractivity contribution in [2.75, 3.05) is 18.4 Å². The first-order valence-electron chi connectivity index (χ1n) is 6.85. The molecular formula is C14H18N2O3S. The number of amides is 2. The summed E-state index contributed by atoms with van der Waals surface area (Å²) in [6, 6.07) is -0.179. The Morgan fingerprint density at radius 3 is 2.90 bits per heavy atom. The van der Waals surface area contributed by atoms with Crippen LogP contribution < -0.4 is 5.32 Å². The Balaban J connectivity index is 1.72. The molecule has 2 aliphatic rings. The Labute approximate surface area is 121 Å². The normalized spacial score (nSPS) is 28.4. The van der Waals surface area contributed by atoms with Gasteiger partial charge in [0.25, 0.3) is 0 Å². The molecule has 0 aromatic carbocycles. The van der Waals surface area contributed by atoms with E-state index in [1.807, 2.05) is 17.7 Å². The van der Waals surface area contributed by atoms with Crippen molar-refractivity contribution < 1.29 is 14.7 Å². The van der Waals surface area contributed by atoms with Crippen LogP contribution in [0, 0.1) is 18.3 Å². The zero-order chi connectivity index (χ0) is 14.3. The Bertz CT molecular complexity index is 556. The van der Waals surface area contributed by atoms with Gasteiger partial charge in [0.1, 0.15) is 0 Å². The van der Waals surface area contributed by atoms with Crippen LogP contribution in [-0.4, -0.2) is 35.1 Å². The highest BCUT2D eigenvalue weighted by atomic mass is 32.1. The third-order valence-electron chi connectivity index (χ3n) is 4.68. The summed E-state index contributed by atoms with van der Waals surface area (Å²) in [6.07, 6.45) is 2.55. The first-order valence-corrected chi connectivity index (χ1v) is 7.79. The van der Waals surface area contributed by atoms with Crippen molar-refractivity contribution in [1.82, 2.24) is 4.90 Å². The molecule has 2 amide bonds. The summed E-state index contributed by atoms with van der Waals surface area (Å²) in [5.74, 6) is -0.642. The van der Waals surface area contributed by atoms with Gasteiger partial charge in [0.05, 0.1) is 11.1 Å². The standard InChI is InChI=1S/C14H18N2O3S/c1-9-6-20-7-11(9)15-13(19)16-5-10-3-2-4-14(10,8-16)12(17)18/h6-7,10H,2-5,8H2,1H3,(H,15,19)(H,17,18)/t10-,14+/m0/s1. The maximum Gasteiger partial charge on any atom is 0.321 e. The number of carboxylic acid groups (broad SMARTS) is 1. The SMILES string of the molecule is Cc1cscc1NC(=O)N1C[C@@H]2CCC[C@@]2(C(=O)O)C1. The van der Waals surface area contributed by atoms with Gasteiger partial charge in [-0.25, -0.2) is 4.79 Å². The Morgan fingerprint density at radius 2 is 2.30 bits per heavy atom. The van der Waals surface area contributed by atoms with Crippen molar-refractivity contribution in [3.8, 4) is 0 Å². The molecule has 2 N–H and O–H groups in total. The zero-order valence-electron chi connectivity index (χ0n) is 11.4. The van der Waals surface area contributed by atoms with Gasteiger partial charge in [-0.3, -0.25) is 4.79 Å². The molecule has 5 nitrogen and oxygen atoms in total. The third kappa shape index (κ3) is 1.98. The van der Waals surface area contributed by atoms with Crippen LogP contribution in [0.4, 0.5) is 10.5 Å².